The van der Waals surface area contributed by atoms with Crippen LogP contribution in [0.25, 0.3) is 10.2 Å². The fraction of sp³-hybridized carbons (Fsp3) is 0.333. The predicted molar refractivity (Wildman–Crippen MR) is 70.5 cm³/mol. The van der Waals surface area contributed by atoms with Gasteiger partial charge in [0.05, 0.1) is 10.2 Å². The first-order valence-electron chi connectivity index (χ1n) is 5.50. The first-order valence-corrected chi connectivity index (χ1v) is 6.70. The molecule has 1 aliphatic rings. The normalized spacial score (nSPS) is 22.7. The molecule has 1 amide bonds. The Balaban J connectivity index is 1.83. The summed E-state index contributed by atoms with van der Waals surface area (Å²) in [6.07, 6.45) is 0.989. The first kappa shape index (κ1) is 11.0. The van der Waals surface area contributed by atoms with Crippen LogP contribution in [0.4, 0.5) is 5.13 Å². The Morgan fingerprint density at radius 1 is 1.59 bits per heavy atom. The highest BCUT2D eigenvalue weighted by Crippen LogP contribution is 2.39. The maximum atomic E-state index is 11.8. The van der Waals surface area contributed by atoms with Crippen molar-refractivity contribution in [2.75, 3.05) is 5.32 Å². The molecule has 2 aromatic rings. The van der Waals surface area contributed by atoms with Gasteiger partial charge in [-0.25, -0.2) is 4.98 Å². The predicted octanol–water partition coefficient (Wildman–Crippen LogP) is 3.54. The van der Waals surface area contributed by atoms with Crippen LogP contribution in [0.15, 0.2) is 18.2 Å². The number of aromatic nitrogens is 1. The highest BCUT2D eigenvalue weighted by atomic mass is 35.5. The van der Waals surface area contributed by atoms with Crippen LogP contribution in [0.5, 0.6) is 0 Å². The van der Waals surface area contributed by atoms with Crippen molar-refractivity contribution in [3.63, 3.8) is 0 Å². The maximum absolute atomic E-state index is 11.8. The quantitative estimate of drug-likeness (QED) is 0.903. The van der Waals surface area contributed by atoms with Crippen LogP contribution in [0.1, 0.15) is 13.3 Å². The lowest BCUT2D eigenvalue weighted by atomic mass is 10.3. The van der Waals surface area contributed by atoms with E-state index in [4.69, 9.17) is 11.6 Å². The summed E-state index contributed by atoms with van der Waals surface area (Å²) in [6.45, 7) is 2.09. The van der Waals surface area contributed by atoms with E-state index in [1.54, 1.807) is 6.07 Å². The van der Waals surface area contributed by atoms with Gasteiger partial charge in [0.2, 0.25) is 5.91 Å². The van der Waals surface area contributed by atoms with Crippen molar-refractivity contribution < 1.29 is 4.79 Å². The van der Waals surface area contributed by atoms with E-state index >= 15 is 0 Å². The Hall–Kier alpha value is -1.13. The fourth-order valence-corrected chi connectivity index (χ4v) is 2.98. The summed E-state index contributed by atoms with van der Waals surface area (Å²) < 4.78 is 0.997. The second kappa shape index (κ2) is 3.96. The van der Waals surface area contributed by atoms with Crippen LogP contribution < -0.4 is 5.32 Å². The molecule has 0 unspecified atom stereocenters. The third-order valence-electron chi connectivity index (χ3n) is 3.03. The molecule has 3 nitrogen and oxygen atoms in total. The van der Waals surface area contributed by atoms with Crippen LogP contribution >= 0.6 is 22.9 Å². The third kappa shape index (κ3) is 2.15. The number of nitrogens with zero attached hydrogens (tertiary/aromatic N) is 1. The minimum absolute atomic E-state index is 0.0858. The molecule has 0 spiro atoms. The molecular formula is C12H11ClN2OS. The van der Waals surface area contributed by atoms with E-state index in [2.05, 4.69) is 17.2 Å². The Kier molecular flexibility index (Phi) is 2.56. The van der Waals surface area contributed by atoms with Gasteiger partial charge in [-0.1, -0.05) is 29.9 Å². The van der Waals surface area contributed by atoms with Crippen molar-refractivity contribution in [1.82, 2.24) is 4.98 Å². The van der Waals surface area contributed by atoms with Gasteiger partial charge in [0, 0.05) is 10.9 Å². The number of halogens is 1. The van der Waals surface area contributed by atoms with Gasteiger partial charge in [-0.2, -0.15) is 0 Å². The second-order valence-corrected chi connectivity index (χ2v) is 5.91. The standard InChI is InChI=1S/C12H11ClN2OS/c1-6-4-8(6)11(16)15-12-14-9-3-2-7(13)5-10(9)17-12/h2-3,5-6,8H,4H2,1H3,(H,14,15,16)/t6-,8-/m1/s1. The SMILES string of the molecule is C[C@@H]1C[C@H]1C(=O)Nc1nc2ccc(Cl)cc2s1. The fourth-order valence-electron chi connectivity index (χ4n) is 1.84. The molecule has 2 atom stereocenters. The molecule has 1 aliphatic carbocycles. The molecule has 1 fully saturated rings. The summed E-state index contributed by atoms with van der Waals surface area (Å²) in [6, 6.07) is 5.53. The number of nitrogens with one attached hydrogen (secondary N) is 1. The number of hydrogen-bond acceptors (Lipinski definition) is 3. The third-order valence-corrected chi connectivity index (χ3v) is 4.20. The van der Waals surface area contributed by atoms with Crippen molar-refractivity contribution in [2.45, 2.75) is 13.3 Å². The van der Waals surface area contributed by atoms with Crippen LogP contribution in [0.2, 0.25) is 5.02 Å². The monoisotopic (exact) mass is 266 g/mol. The van der Waals surface area contributed by atoms with Crippen LogP contribution in [-0.4, -0.2) is 10.9 Å². The lowest BCUT2D eigenvalue weighted by Gasteiger charge is -1.97. The van der Waals surface area contributed by atoms with Gasteiger partial charge in [0.25, 0.3) is 0 Å². The zero-order valence-corrected chi connectivity index (χ0v) is 10.8. The Labute approximate surface area is 108 Å². The van der Waals surface area contributed by atoms with Gasteiger partial charge in [-0.3, -0.25) is 4.79 Å². The van der Waals surface area contributed by atoms with E-state index in [0.29, 0.717) is 16.1 Å². The molecule has 88 valence electrons. The minimum atomic E-state index is 0.0858. The summed E-state index contributed by atoms with van der Waals surface area (Å²) in [5.41, 5.74) is 0.874. The van der Waals surface area contributed by atoms with Crippen LogP contribution in [0.3, 0.4) is 0 Å². The lowest BCUT2D eigenvalue weighted by Crippen LogP contribution is -2.14. The van der Waals surface area contributed by atoms with Crippen molar-refractivity contribution in [1.29, 1.82) is 0 Å². The molecular weight excluding hydrogens is 256 g/mol. The molecule has 0 aliphatic heterocycles. The summed E-state index contributed by atoms with van der Waals surface area (Å²) in [4.78, 5) is 16.1. The average Bonchev–Trinajstić information content (AvgIpc) is 2.87. The van der Waals surface area contributed by atoms with Gasteiger partial charge in [0.15, 0.2) is 5.13 Å². The number of fused-ring (bicyclic) bond motifs is 1. The van der Waals surface area contributed by atoms with E-state index in [0.717, 1.165) is 16.6 Å². The van der Waals surface area contributed by atoms with Crippen molar-refractivity contribution >= 4 is 44.2 Å². The molecule has 17 heavy (non-hydrogen) atoms. The maximum Gasteiger partial charge on any atom is 0.229 e. The highest BCUT2D eigenvalue weighted by Gasteiger charge is 2.39. The van der Waals surface area contributed by atoms with Gasteiger partial charge >= 0.3 is 0 Å². The van der Waals surface area contributed by atoms with Crippen molar-refractivity contribution in [3.8, 4) is 0 Å². The number of amides is 1. The largest absolute Gasteiger partial charge is 0.302 e. The zero-order valence-electron chi connectivity index (χ0n) is 9.24. The number of benzene rings is 1. The molecule has 0 radical (unpaired) electrons. The molecule has 3 rings (SSSR count). The zero-order chi connectivity index (χ0) is 12.0. The lowest BCUT2D eigenvalue weighted by molar-refractivity contribution is -0.117. The van der Waals surface area contributed by atoms with Crippen molar-refractivity contribution in [3.05, 3.63) is 23.2 Å². The minimum Gasteiger partial charge on any atom is -0.302 e. The van der Waals surface area contributed by atoms with E-state index < -0.39 is 0 Å². The van der Waals surface area contributed by atoms with Gasteiger partial charge < -0.3 is 5.32 Å². The van der Waals surface area contributed by atoms with Gasteiger partial charge in [0.1, 0.15) is 0 Å². The molecule has 1 saturated carbocycles. The molecule has 0 bridgehead atoms. The first-order chi connectivity index (χ1) is 8.13. The summed E-state index contributed by atoms with van der Waals surface area (Å²) in [5, 5.41) is 4.22. The van der Waals surface area contributed by atoms with E-state index in [-0.39, 0.29) is 11.8 Å². The summed E-state index contributed by atoms with van der Waals surface area (Å²) >= 11 is 7.36. The molecule has 1 heterocycles. The van der Waals surface area contributed by atoms with Crippen molar-refractivity contribution in [2.24, 2.45) is 11.8 Å². The van der Waals surface area contributed by atoms with E-state index in [9.17, 15) is 4.79 Å². The summed E-state index contributed by atoms with van der Waals surface area (Å²) in [7, 11) is 0. The number of thiazole rings is 1. The smallest absolute Gasteiger partial charge is 0.229 e. The number of anilines is 1. The molecule has 1 N–H and O–H groups in total. The van der Waals surface area contributed by atoms with Gasteiger partial charge in [-0.15, -0.1) is 0 Å². The highest BCUT2D eigenvalue weighted by molar-refractivity contribution is 7.22. The number of carbonyl (C=O) groups excluding carboxylic acids is 1. The topological polar surface area (TPSA) is 42.0 Å². The molecule has 1 aromatic heterocycles. The molecule has 1 aromatic carbocycles. The number of rotatable bonds is 2. The second-order valence-electron chi connectivity index (χ2n) is 4.44. The number of hydrogen-bond donors (Lipinski definition) is 1. The Bertz CT molecular complexity index is 595. The van der Waals surface area contributed by atoms with Crippen LogP contribution in [-0.2, 0) is 4.79 Å². The molecule has 5 heteroatoms. The Morgan fingerprint density at radius 3 is 3.06 bits per heavy atom. The van der Waals surface area contributed by atoms with Crippen LogP contribution in [0, 0.1) is 11.8 Å². The Morgan fingerprint density at radius 2 is 2.35 bits per heavy atom. The van der Waals surface area contributed by atoms with Gasteiger partial charge in [-0.05, 0) is 30.5 Å². The average molecular weight is 267 g/mol. The summed E-state index contributed by atoms with van der Waals surface area (Å²) in [5.74, 6) is 0.770. The molecule has 0 saturated heterocycles. The van der Waals surface area contributed by atoms with E-state index in [1.165, 1.54) is 11.3 Å². The number of carbonyl (C=O) groups is 1. The van der Waals surface area contributed by atoms with E-state index in [1.807, 2.05) is 12.1 Å².